The molecule has 0 bridgehead atoms. The van der Waals surface area contributed by atoms with Gasteiger partial charge in [0.25, 0.3) is 5.56 Å². The Morgan fingerprint density at radius 3 is 2.62 bits per heavy atom. The van der Waals surface area contributed by atoms with E-state index in [1.54, 1.807) is 11.0 Å². The molecule has 1 atom stereocenters. The van der Waals surface area contributed by atoms with Gasteiger partial charge in [0.05, 0.1) is 18.7 Å². The standard InChI is InChI=1S/C24H33N5O5/c1-5-7-11-27(20-21(25)28(10-6-2)24(33)26-22(20)31)23(32)16-13-19(30)29(14-16)17-12-15(3)8-9-18(17)34-4/h8-9,12,16H,5-7,10-11,13-14,25H2,1-4H3,(H,26,31,33). The normalized spacial score (nSPS) is 15.6. The number of benzene rings is 1. The molecule has 1 aliphatic rings. The molecule has 10 nitrogen and oxygen atoms in total. The lowest BCUT2D eigenvalue weighted by molar-refractivity contribution is -0.124. The first kappa shape index (κ1) is 25.1. The minimum absolute atomic E-state index is 0.00492. The van der Waals surface area contributed by atoms with Gasteiger partial charge in [-0.15, -0.1) is 0 Å². The average molecular weight is 472 g/mol. The zero-order valence-electron chi connectivity index (χ0n) is 20.2. The van der Waals surface area contributed by atoms with Gasteiger partial charge in [0.2, 0.25) is 11.8 Å². The van der Waals surface area contributed by atoms with E-state index < -0.39 is 17.2 Å². The third-order valence-corrected chi connectivity index (χ3v) is 6.03. The predicted molar refractivity (Wildman–Crippen MR) is 131 cm³/mol. The lowest BCUT2D eigenvalue weighted by Gasteiger charge is -2.27. The Balaban J connectivity index is 1.99. The predicted octanol–water partition coefficient (Wildman–Crippen LogP) is 2.03. The van der Waals surface area contributed by atoms with Gasteiger partial charge in [-0.2, -0.15) is 0 Å². The molecule has 1 fully saturated rings. The Bertz CT molecular complexity index is 1190. The molecule has 1 aliphatic heterocycles. The van der Waals surface area contributed by atoms with E-state index in [-0.39, 0.29) is 42.8 Å². The highest BCUT2D eigenvalue weighted by Gasteiger charge is 2.39. The molecule has 184 valence electrons. The highest BCUT2D eigenvalue weighted by molar-refractivity contribution is 6.05. The fraction of sp³-hybridized carbons (Fsp3) is 0.500. The topological polar surface area (TPSA) is 131 Å². The molecular weight excluding hydrogens is 438 g/mol. The number of carbonyl (C=O) groups excluding carboxylic acids is 2. The number of H-pyrrole nitrogens is 1. The van der Waals surface area contributed by atoms with Crippen molar-refractivity contribution < 1.29 is 14.3 Å². The first-order chi connectivity index (χ1) is 16.2. The SMILES string of the molecule is CCCCN(C(=O)C1CC(=O)N(c2cc(C)ccc2OC)C1)c1c(N)n(CCC)c(=O)[nH]c1=O. The summed E-state index contributed by atoms with van der Waals surface area (Å²) in [6, 6.07) is 5.53. The molecule has 1 saturated heterocycles. The fourth-order valence-corrected chi connectivity index (χ4v) is 4.27. The number of ether oxygens (including phenoxy) is 1. The molecule has 10 heteroatoms. The van der Waals surface area contributed by atoms with Gasteiger partial charge < -0.3 is 20.3 Å². The van der Waals surface area contributed by atoms with Crippen LogP contribution in [-0.2, 0) is 16.1 Å². The maximum absolute atomic E-state index is 13.7. The quantitative estimate of drug-likeness (QED) is 0.575. The summed E-state index contributed by atoms with van der Waals surface area (Å²) in [4.78, 5) is 56.8. The number of aromatic amines is 1. The van der Waals surface area contributed by atoms with E-state index >= 15 is 0 Å². The molecule has 1 unspecified atom stereocenters. The molecule has 0 spiro atoms. The summed E-state index contributed by atoms with van der Waals surface area (Å²) in [6.45, 7) is 6.50. The first-order valence-electron chi connectivity index (χ1n) is 11.6. The summed E-state index contributed by atoms with van der Waals surface area (Å²) in [5, 5.41) is 0. The van der Waals surface area contributed by atoms with Crippen molar-refractivity contribution in [3.63, 3.8) is 0 Å². The number of aryl methyl sites for hydroxylation is 1. The van der Waals surface area contributed by atoms with E-state index in [2.05, 4.69) is 4.98 Å². The van der Waals surface area contributed by atoms with E-state index in [0.29, 0.717) is 30.8 Å². The van der Waals surface area contributed by atoms with Gasteiger partial charge in [0.1, 0.15) is 11.6 Å². The van der Waals surface area contributed by atoms with Gasteiger partial charge in [-0.3, -0.25) is 23.9 Å². The number of rotatable bonds is 9. The van der Waals surface area contributed by atoms with Crippen molar-refractivity contribution in [1.29, 1.82) is 0 Å². The number of methoxy groups -OCH3 is 1. The number of hydrogen-bond acceptors (Lipinski definition) is 6. The van der Waals surface area contributed by atoms with E-state index in [4.69, 9.17) is 10.5 Å². The Morgan fingerprint density at radius 2 is 1.97 bits per heavy atom. The Labute approximate surface area is 198 Å². The number of nitrogens with two attached hydrogens (primary N) is 1. The van der Waals surface area contributed by atoms with Crippen molar-refractivity contribution in [2.75, 3.05) is 35.7 Å². The lowest BCUT2D eigenvalue weighted by atomic mass is 10.1. The van der Waals surface area contributed by atoms with E-state index in [1.807, 2.05) is 32.9 Å². The van der Waals surface area contributed by atoms with Crippen molar-refractivity contribution in [3.05, 3.63) is 44.6 Å². The highest BCUT2D eigenvalue weighted by Crippen LogP contribution is 2.35. The molecule has 2 heterocycles. The average Bonchev–Trinajstić information content (AvgIpc) is 3.19. The zero-order chi connectivity index (χ0) is 25.0. The minimum atomic E-state index is -0.708. The smallest absolute Gasteiger partial charge is 0.330 e. The summed E-state index contributed by atoms with van der Waals surface area (Å²) in [5.74, 6) is -0.728. The monoisotopic (exact) mass is 471 g/mol. The van der Waals surface area contributed by atoms with Crippen LogP contribution < -0.4 is 31.5 Å². The summed E-state index contributed by atoms with van der Waals surface area (Å²) in [5.41, 5.74) is 6.45. The number of aromatic nitrogens is 2. The van der Waals surface area contributed by atoms with Crippen LogP contribution in [0.3, 0.4) is 0 Å². The molecule has 3 rings (SSSR count). The van der Waals surface area contributed by atoms with E-state index in [1.165, 1.54) is 16.6 Å². The molecule has 0 aliphatic carbocycles. The third-order valence-electron chi connectivity index (χ3n) is 6.03. The van der Waals surface area contributed by atoms with Crippen LogP contribution in [0.5, 0.6) is 5.75 Å². The van der Waals surface area contributed by atoms with Crippen LogP contribution >= 0.6 is 0 Å². The second-order valence-electron chi connectivity index (χ2n) is 8.57. The van der Waals surface area contributed by atoms with Crippen LogP contribution in [0.2, 0.25) is 0 Å². The van der Waals surface area contributed by atoms with Gasteiger partial charge in [-0.05, 0) is 37.5 Å². The Hall–Kier alpha value is -3.56. The number of carbonyl (C=O) groups is 2. The molecule has 0 saturated carbocycles. The first-order valence-corrected chi connectivity index (χ1v) is 11.6. The molecule has 0 radical (unpaired) electrons. The number of amides is 2. The maximum atomic E-state index is 13.7. The minimum Gasteiger partial charge on any atom is -0.495 e. The van der Waals surface area contributed by atoms with E-state index in [0.717, 1.165) is 12.0 Å². The second-order valence-corrected chi connectivity index (χ2v) is 8.57. The molecule has 34 heavy (non-hydrogen) atoms. The number of nitrogen functional groups attached to an aromatic ring is 1. The van der Waals surface area contributed by atoms with Gasteiger partial charge in [-0.1, -0.05) is 26.3 Å². The second kappa shape index (κ2) is 10.6. The molecule has 1 aromatic heterocycles. The third kappa shape index (κ3) is 4.85. The Kier molecular flexibility index (Phi) is 7.80. The van der Waals surface area contributed by atoms with Crippen LogP contribution in [0.1, 0.15) is 45.1 Å². The van der Waals surface area contributed by atoms with Crippen molar-refractivity contribution in [2.45, 2.75) is 53.0 Å². The molecular formula is C24H33N5O5. The van der Waals surface area contributed by atoms with Gasteiger partial charge in [0.15, 0.2) is 5.69 Å². The summed E-state index contributed by atoms with van der Waals surface area (Å²) in [7, 11) is 1.53. The lowest BCUT2D eigenvalue weighted by Crippen LogP contribution is -2.44. The van der Waals surface area contributed by atoms with Crippen LogP contribution in [0.4, 0.5) is 17.2 Å². The number of anilines is 3. The van der Waals surface area contributed by atoms with Gasteiger partial charge >= 0.3 is 5.69 Å². The molecule has 2 aromatic rings. The summed E-state index contributed by atoms with van der Waals surface area (Å²) >= 11 is 0. The van der Waals surface area contributed by atoms with Crippen molar-refractivity contribution in [1.82, 2.24) is 9.55 Å². The van der Waals surface area contributed by atoms with Crippen molar-refractivity contribution >= 4 is 29.0 Å². The van der Waals surface area contributed by atoms with Crippen molar-refractivity contribution in [3.8, 4) is 5.75 Å². The zero-order valence-corrected chi connectivity index (χ0v) is 20.2. The number of nitrogens with one attached hydrogen (secondary N) is 1. The molecule has 3 N–H and O–H groups in total. The number of hydrogen-bond donors (Lipinski definition) is 2. The van der Waals surface area contributed by atoms with Crippen molar-refractivity contribution in [2.24, 2.45) is 5.92 Å². The Morgan fingerprint density at radius 1 is 1.24 bits per heavy atom. The van der Waals surface area contributed by atoms with Crippen LogP contribution in [-0.4, -0.2) is 41.6 Å². The van der Waals surface area contributed by atoms with Crippen LogP contribution in [0.25, 0.3) is 0 Å². The van der Waals surface area contributed by atoms with Crippen LogP contribution in [0, 0.1) is 12.8 Å². The molecule has 1 aromatic carbocycles. The molecule has 2 amide bonds. The maximum Gasteiger partial charge on any atom is 0.330 e. The summed E-state index contributed by atoms with van der Waals surface area (Å²) in [6.07, 6.45) is 2.05. The fourth-order valence-electron chi connectivity index (χ4n) is 4.27. The largest absolute Gasteiger partial charge is 0.495 e. The van der Waals surface area contributed by atoms with Gasteiger partial charge in [-0.25, -0.2) is 4.79 Å². The number of unbranched alkanes of at least 4 members (excludes halogenated alkanes) is 1. The van der Waals surface area contributed by atoms with Crippen LogP contribution in [0.15, 0.2) is 27.8 Å². The van der Waals surface area contributed by atoms with E-state index in [9.17, 15) is 19.2 Å². The highest BCUT2D eigenvalue weighted by atomic mass is 16.5. The van der Waals surface area contributed by atoms with Gasteiger partial charge in [0, 0.05) is 26.1 Å². The number of nitrogens with zero attached hydrogens (tertiary/aromatic N) is 3. The summed E-state index contributed by atoms with van der Waals surface area (Å²) < 4.78 is 6.69.